The van der Waals surface area contributed by atoms with Crippen LogP contribution in [0.3, 0.4) is 0 Å². The topological polar surface area (TPSA) is 174 Å². The molecule has 3 rings (SSSR count). The van der Waals surface area contributed by atoms with Gasteiger partial charge in [0.15, 0.2) is 11.3 Å². The molecule has 11 heteroatoms. The highest BCUT2D eigenvalue weighted by molar-refractivity contribution is 6.12. The maximum absolute atomic E-state index is 13.6. The number of amides is 3. The van der Waals surface area contributed by atoms with Gasteiger partial charge < -0.3 is 30.9 Å². The standard InChI is InChI=1S/C30H31N3O8/c1-29(2,3)41-24(34)17-30(27(31)38,33-28(39)32-20-9-7-8-19(16-20)26(36)37)23-11-6-5-10-22(23)25(35)18-12-14-21(40-4)15-13-18/h5-16H,17H2,1-4H3,(H2,31,38)(H,36,37)(H2,32,33,39). The Morgan fingerprint density at radius 1 is 0.878 bits per heavy atom. The summed E-state index contributed by atoms with van der Waals surface area (Å²) >= 11 is 0. The molecule has 0 radical (unpaired) electrons. The fraction of sp³-hybridized carbons (Fsp3) is 0.233. The lowest BCUT2D eigenvalue weighted by Crippen LogP contribution is -2.58. The van der Waals surface area contributed by atoms with Crippen molar-refractivity contribution in [3.63, 3.8) is 0 Å². The molecule has 0 saturated heterocycles. The van der Waals surface area contributed by atoms with Crippen molar-refractivity contribution in [2.24, 2.45) is 5.73 Å². The second kappa shape index (κ2) is 12.3. The lowest BCUT2D eigenvalue weighted by Gasteiger charge is -2.34. The molecule has 0 aliphatic carbocycles. The summed E-state index contributed by atoms with van der Waals surface area (Å²) in [6.07, 6.45) is -0.741. The Balaban J connectivity index is 2.11. The minimum Gasteiger partial charge on any atom is -0.497 e. The smallest absolute Gasteiger partial charge is 0.335 e. The first kappa shape index (κ1) is 30.4. The Hall–Kier alpha value is -5.19. The van der Waals surface area contributed by atoms with E-state index in [4.69, 9.17) is 15.2 Å². The molecule has 3 aromatic carbocycles. The zero-order chi connectivity index (χ0) is 30.4. The number of anilines is 1. The number of benzene rings is 3. The molecule has 1 unspecified atom stereocenters. The third-order valence-electron chi connectivity index (χ3n) is 5.93. The maximum Gasteiger partial charge on any atom is 0.335 e. The number of carbonyl (C=O) groups is 5. The lowest BCUT2D eigenvalue weighted by atomic mass is 9.81. The molecule has 11 nitrogen and oxygen atoms in total. The molecule has 0 aliphatic heterocycles. The summed E-state index contributed by atoms with van der Waals surface area (Å²) in [6, 6.07) is 16.6. The van der Waals surface area contributed by atoms with Crippen LogP contribution in [0.5, 0.6) is 5.75 Å². The van der Waals surface area contributed by atoms with E-state index in [2.05, 4.69) is 10.6 Å². The summed E-state index contributed by atoms with van der Waals surface area (Å²) in [6.45, 7) is 4.90. The largest absolute Gasteiger partial charge is 0.497 e. The van der Waals surface area contributed by atoms with Crippen molar-refractivity contribution in [2.45, 2.75) is 38.3 Å². The molecule has 0 aromatic heterocycles. The summed E-state index contributed by atoms with van der Waals surface area (Å²) in [5.74, 6) is -3.19. The van der Waals surface area contributed by atoms with Gasteiger partial charge in [-0.25, -0.2) is 9.59 Å². The molecular weight excluding hydrogens is 530 g/mol. The fourth-order valence-corrected chi connectivity index (χ4v) is 4.12. The van der Waals surface area contributed by atoms with Crippen LogP contribution in [0, 0.1) is 0 Å². The molecule has 214 valence electrons. The van der Waals surface area contributed by atoms with Crippen LogP contribution < -0.4 is 21.1 Å². The highest BCUT2D eigenvalue weighted by Crippen LogP contribution is 2.32. The fourth-order valence-electron chi connectivity index (χ4n) is 4.12. The number of rotatable bonds is 10. The Morgan fingerprint density at radius 3 is 2.12 bits per heavy atom. The van der Waals surface area contributed by atoms with Crippen LogP contribution in [0.15, 0.2) is 72.8 Å². The van der Waals surface area contributed by atoms with Gasteiger partial charge in [-0.1, -0.05) is 30.3 Å². The van der Waals surface area contributed by atoms with Crippen molar-refractivity contribution in [1.82, 2.24) is 5.32 Å². The van der Waals surface area contributed by atoms with Crippen LogP contribution in [0.25, 0.3) is 0 Å². The van der Waals surface area contributed by atoms with Gasteiger partial charge in [0.2, 0.25) is 5.91 Å². The number of nitrogens with one attached hydrogen (secondary N) is 2. The first-order valence-corrected chi connectivity index (χ1v) is 12.5. The molecule has 5 N–H and O–H groups in total. The SMILES string of the molecule is COc1ccc(C(=O)c2ccccc2C(CC(=O)OC(C)(C)C)(NC(=O)Nc2cccc(C(=O)O)c2)C(N)=O)cc1. The Kier molecular flexibility index (Phi) is 9.13. The van der Waals surface area contributed by atoms with E-state index in [0.717, 1.165) is 0 Å². The van der Waals surface area contributed by atoms with Crippen molar-refractivity contribution >= 4 is 35.3 Å². The number of carbonyl (C=O) groups excluding carboxylic acids is 4. The predicted octanol–water partition coefficient (Wildman–Crippen LogP) is 3.86. The zero-order valence-electron chi connectivity index (χ0n) is 23.0. The van der Waals surface area contributed by atoms with Crippen molar-refractivity contribution in [3.8, 4) is 5.75 Å². The Bertz CT molecular complexity index is 1480. The summed E-state index contributed by atoms with van der Waals surface area (Å²) in [4.78, 5) is 64.5. The molecule has 0 heterocycles. The average Bonchev–Trinajstić information content (AvgIpc) is 2.91. The van der Waals surface area contributed by atoms with Gasteiger partial charge in [-0.05, 0) is 68.8 Å². The van der Waals surface area contributed by atoms with Gasteiger partial charge in [0.1, 0.15) is 11.4 Å². The minimum atomic E-state index is -2.24. The molecule has 1 atom stereocenters. The molecule has 0 spiro atoms. The second-order valence-electron chi connectivity index (χ2n) is 10.1. The van der Waals surface area contributed by atoms with Crippen molar-refractivity contribution in [1.29, 1.82) is 0 Å². The summed E-state index contributed by atoms with van der Waals surface area (Å²) in [7, 11) is 1.48. The Morgan fingerprint density at radius 2 is 1.54 bits per heavy atom. The number of hydrogen-bond acceptors (Lipinski definition) is 7. The van der Waals surface area contributed by atoms with Crippen LogP contribution in [0.4, 0.5) is 10.5 Å². The van der Waals surface area contributed by atoms with Gasteiger partial charge in [0.25, 0.3) is 0 Å². The monoisotopic (exact) mass is 561 g/mol. The molecular formula is C30H31N3O8. The Labute approximate surface area is 236 Å². The van der Waals surface area contributed by atoms with Gasteiger partial charge in [-0.15, -0.1) is 0 Å². The van der Waals surface area contributed by atoms with E-state index in [0.29, 0.717) is 5.75 Å². The molecule has 0 fully saturated rings. The third kappa shape index (κ3) is 7.47. The highest BCUT2D eigenvalue weighted by atomic mass is 16.6. The maximum atomic E-state index is 13.6. The van der Waals surface area contributed by atoms with Crippen LogP contribution in [0.1, 0.15) is 59.0 Å². The number of urea groups is 1. The molecule has 0 saturated carbocycles. The number of primary amides is 1. The van der Waals surface area contributed by atoms with Crippen LogP contribution in [-0.4, -0.2) is 47.5 Å². The normalized spacial score (nSPS) is 12.4. The van der Waals surface area contributed by atoms with E-state index in [1.807, 2.05) is 0 Å². The van der Waals surface area contributed by atoms with Crippen molar-refractivity contribution < 1.29 is 38.6 Å². The van der Waals surface area contributed by atoms with Crippen LogP contribution in [-0.2, 0) is 19.9 Å². The summed E-state index contributed by atoms with van der Waals surface area (Å²) < 4.78 is 10.6. The molecule has 3 aromatic rings. The molecule has 0 bridgehead atoms. The number of ketones is 1. The molecule has 41 heavy (non-hydrogen) atoms. The first-order chi connectivity index (χ1) is 19.3. The van der Waals surface area contributed by atoms with Crippen molar-refractivity contribution in [3.05, 3.63) is 95.1 Å². The zero-order valence-corrected chi connectivity index (χ0v) is 23.0. The number of aromatic carboxylic acids is 1. The number of methoxy groups -OCH3 is 1. The van der Waals surface area contributed by atoms with Gasteiger partial charge in [0, 0.05) is 16.8 Å². The minimum absolute atomic E-state index is 0.00759. The van der Waals surface area contributed by atoms with Gasteiger partial charge in [0.05, 0.1) is 19.1 Å². The van der Waals surface area contributed by atoms with E-state index in [1.165, 1.54) is 61.7 Å². The van der Waals surface area contributed by atoms with E-state index in [1.54, 1.807) is 39.0 Å². The highest BCUT2D eigenvalue weighted by Gasteiger charge is 2.46. The van der Waals surface area contributed by atoms with E-state index < -0.39 is 47.2 Å². The van der Waals surface area contributed by atoms with E-state index in [9.17, 15) is 29.1 Å². The van der Waals surface area contributed by atoms with Gasteiger partial charge in [-0.2, -0.15) is 0 Å². The number of ether oxygens (including phenoxy) is 2. The second-order valence-corrected chi connectivity index (χ2v) is 10.1. The molecule has 3 amide bonds. The number of carboxylic acids is 1. The predicted molar refractivity (Wildman–Crippen MR) is 150 cm³/mol. The quantitative estimate of drug-likeness (QED) is 0.213. The molecule has 0 aliphatic rings. The number of hydrogen-bond donors (Lipinski definition) is 4. The van der Waals surface area contributed by atoms with E-state index in [-0.39, 0.29) is 27.9 Å². The van der Waals surface area contributed by atoms with Gasteiger partial charge >= 0.3 is 18.0 Å². The van der Waals surface area contributed by atoms with Gasteiger partial charge in [-0.3, -0.25) is 14.4 Å². The number of esters is 1. The van der Waals surface area contributed by atoms with Crippen LogP contribution >= 0.6 is 0 Å². The lowest BCUT2D eigenvalue weighted by molar-refractivity contribution is -0.158. The first-order valence-electron chi connectivity index (χ1n) is 12.5. The van der Waals surface area contributed by atoms with Crippen molar-refractivity contribution in [2.75, 3.05) is 12.4 Å². The third-order valence-corrected chi connectivity index (χ3v) is 5.93. The summed E-state index contributed by atoms with van der Waals surface area (Å²) in [5.41, 5.74) is 2.94. The van der Waals surface area contributed by atoms with E-state index >= 15 is 0 Å². The number of carboxylic acid groups (broad SMARTS) is 1. The van der Waals surface area contributed by atoms with Crippen LogP contribution in [0.2, 0.25) is 0 Å². The summed E-state index contributed by atoms with van der Waals surface area (Å²) in [5, 5.41) is 14.2. The number of nitrogens with two attached hydrogens (primary N) is 1. The average molecular weight is 562 g/mol.